The molecule has 1 aromatic rings. The quantitative estimate of drug-likeness (QED) is 0.703. The number of aryl methyl sites for hydroxylation is 2. The first kappa shape index (κ1) is 15.3. The second kappa shape index (κ2) is 6.57. The third-order valence-electron chi connectivity index (χ3n) is 3.72. The SMILES string of the molecule is CC(C)(CO)NC[C@@H](O)COc1ccc2c(c1)CCC2. The summed E-state index contributed by atoms with van der Waals surface area (Å²) in [5.41, 5.74) is 2.41. The van der Waals surface area contributed by atoms with Gasteiger partial charge in [0, 0.05) is 12.1 Å². The molecule has 0 bridgehead atoms. The van der Waals surface area contributed by atoms with Gasteiger partial charge < -0.3 is 20.3 Å². The molecule has 1 aliphatic carbocycles. The number of aliphatic hydroxyl groups is 2. The first-order valence-corrected chi connectivity index (χ1v) is 7.29. The Bertz CT molecular complexity index is 445. The lowest BCUT2D eigenvalue weighted by molar-refractivity contribution is 0.0906. The zero-order valence-electron chi connectivity index (χ0n) is 12.4. The number of hydrogen-bond donors (Lipinski definition) is 3. The fourth-order valence-electron chi connectivity index (χ4n) is 2.34. The molecule has 0 fully saturated rings. The number of nitrogens with one attached hydrogen (secondary N) is 1. The fourth-order valence-corrected chi connectivity index (χ4v) is 2.34. The lowest BCUT2D eigenvalue weighted by Crippen LogP contribution is -2.47. The maximum Gasteiger partial charge on any atom is 0.119 e. The Hall–Kier alpha value is -1.10. The van der Waals surface area contributed by atoms with Crippen LogP contribution in [0.1, 0.15) is 31.4 Å². The molecule has 0 saturated carbocycles. The van der Waals surface area contributed by atoms with E-state index in [4.69, 9.17) is 9.84 Å². The van der Waals surface area contributed by atoms with Crippen molar-refractivity contribution in [2.75, 3.05) is 19.8 Å². The maximum absolute atomic E-state index is 9.89. The second-order valence-corrected chi connectivity index (χ2v) is 6.17. The van der Waals surface area contributed by atoms with Crippen molar-refractivity contribution in [2.24, 2.45) is 0 Å². The van der Waals surface area contributed by atoms with Gasteiger partial charge in [0.05, 0.1) is 6.61 Å². The van der Waals surface area contributed by atoms with E-state index < -0.39 is 6.10 Å². The standard InChI is InChI=1S/C16H25NO3/c1-16(2,11-18)17-9-14(19)10-20-15-7-6-12-4-3-5-13(12)8-15/h6-8,14,17-19H,3-5,9-11H2,1-2H3/t14-/m1/s1. The van der Waals surface area contributed by atoms with E-state index in [-0.39, 0.29) is 18.8 Å². The van der Waals surface area contributed by atoms with Crippen LogP contribution in [-0.4, -0.2) is 41.6 Å². The highest BCUT2D eigenvalue weighted by molar-refractivity contribution is 5.38. The third kappa shape index (κ3) is 4.20. The Labute approximate surface area is 120 Å². The van der Waals surface area contributed by atoms with Crippen molar-refractivity contribution in [3.63, 3.8) is 0 Å². The van der Waals surface area contributed by atoms with E-state index in [0.717, 1.165) is 12.2 Å². The molecule has 1 aliphatic rings. The predicted octanol–water partition coefficient (Wildman–Crippen LogP) is 1.28. The van der Waals surface area contributed by atoms with Gasteiger partial charge in [0.2, 0.25) is 0 Å². The Balaban J connectivity index is 1.77. The van der Waals surface area contributed by atoms with E-state index in [1.54, 1.807) is 0 Å². The van der Waals surface area contributed by atoms with Gasteiger partial charge in [0.15, 0.2) is 0 Å². The van der Waals surface area contributed by atoms with Gasteiger partial charge in [-0.2, -0.15) is 0 Å². The Morgan fingerprint density at radius 2 is 2.05 bits per heavy atom. The van der Waals surface area contributed by atoms with E-state index in [9.17, 15) is 5.11 Å². The number of rotatable bonds is 7. The van der Waals surface area contributed by atoms with Crippen LogP contribution in [0.25, 0.3) is 0 Å². The van der Waals surface area contributed by atoms with Crippen molar-refractivity contribution in [2.45, 2.75) is 44.8 Å². The molecule has 2 rings (SSSR count). The molecule has 0 aliphatic heterocycles. The van der Waals surface area contributed by atoms with Crippen molar-refractivity contribution in [1.29, 1.82) is 0 Å². The normalized spacial score (nSPS) is 16.0. The topological polar surface area (TPSA) is 61.7 Å². The molecule has 4 heteroatoms. The number of ether oxygens (including phenoxy) is 1. The summed E-state index contributed by atoms with van der Waals surface area (Å²) in [5, 5.41) is 22.1. The first-order chi connectivity index (χ1) is 9.50. The monoisotopic (exact) mass is 279 g/mol. The van der Waals surface area contributed by atoms with E-state index in [1.807, 2.05) is 19.9 Å². The van der Waals surface area contributed by atoms with E-state index in [1.165, 1.54) is 24.0 Å². The molecule has 0 aromatic heterocycles. The van der Waals surface area contributed by atoms with Crippen LogP contribution in [0.15, 0.2) is 18.2 Å². The lowest BCUT2D eigenvalue weighted by Gasteiger charge is -2.25. The van der Waals surface area contributed by atoms with Crippen LogP contribution in [0.3, 0.4) is 0 Å². The molecular formula is C16H25NO3. The lowest BCUT2D eigenvalue weighted by atomic mass is 10.1. The average Bonchev–Trinajstić information content (AvgIpc) is 2.90. The molecule has 112 valence electrons. The molecule has 0 amide bonds. The summed E-state index contributed by atoms with van der Waals surface area (Å²) >= 11 is 0. The van der Waals surface area contributed by atoms with Gasteiger partial charge in [-0.05, 0) is 56.4 Å². The zero-order chi connectivity index (χ0) is 14.6. The van der Waals surface area contributed by atoms with Gasteiger partial charge in [-0.15, -0.1) is 0 Å². The van der Waals surface area contributed by atoms with Gasteiger partial charge in [-0.3, -0.25) is 0 Å². The van der Waals surface area contributed by atoms with Crippen LogP contribution in [0, 0.1) is 0 Å². The molecule has 0 saturated heterocycles. The molecule has 3 N–H and O–H groups in total. The molecule has 1 atom stereocenters. The number of benzene rings is 1. The molecular weight excluding hydrogens is 254 g/mol. The third-order valence-corrected chi connectivity index (χ3v) is 3.72. The van der Waals surface area contributed by atoms with Crippen LogP contribution < -0.4 is 10.1 Å². The van der Waals surface area contributed by atoms with E-state index >= 15 is 0 Å². The number of aliphatic hydroxyl groups excluding tert-OH is 2. The number of hydrogen-bond acceptors (Lipinski definition) is 4. The molecule has 20 heavy (non-hydrogen) atoms. The van der Waals surface area contributed by atoms with Crippen molar-refractivity contribution >= 4 is 0 Å². The highest BCUT2D eigenvalue weighted by Crippen LogP contribution is 2.26. The summed E-state index contributed by atoms with van der Waals surface area (Å²) in [5.74, 6) is 0.825. The van der Waals surface area contributed by atoms with Crippen LogP contribution in [0.5, 0.6) is 5.75 Å². The maximum atomic E-state index is 9.89. The van der Waals surface area contributed by atoms with E-state index in [0.29, 0.717) is 6.54 Å². The van der Waals surface area contributed by atoms with Crippen LogP contribution in [-0.2, 0) is 12.8 Å². The van der Waals surface area contributed by atoms with Crippen LogP contribution in [0.2, 0.25) is 0 Å². The molecule has 0 unspecified atom stereocenters. The summed E-state index contributed by atoms with van der Waals surface area (Å²) in [6.07, 6.45) is 2.93. The first-order valence-electron chi connectivity index (χ1n) is 7.29. The van der Waals surface area contributed by atoms with Gasteiger partial charge in [0.25, 0.3) is 0 Å². The number of fused-ring (bicyclic) bond motifs is 1. The largest absolute Gasteiger partial charge is 0.491 e. The summed E-state index contributed by atoms with van der Waals surface area (Å²) in [7, 11) is 0. The van der Waals surface area contributed by atoms with Crippen molar-refractivity contribution in [3.05, 3.63) is 29.3 Å². The average molecular weight is 279 g/mol. The summed E-state index contributed by atoms with van der Waals surface area (Å²) < 4.78 is 5.64. The van der Waals surface area contributed by atoms with Gasteiger partial charge in [-0.25, -0.2) is 0 Å². The zero-order valence-corrected chi connectivity index (χ0v) is 12.4. The highest BCUT2D eigenvalue weighted by Gasteiger charge is 2.17. The predicted molar refractivity (Wildman–Crippen MR) is 79.1 cm³/mol. The highest BCUT2D eigenvalue weighted by atomic mass is 16.5. The summed E-state index contributed by atoms with van der Waals surface area (Å²) in [6.45, 7) is 4.47. The van der Waals surface area contributed by atoms with Gasteiger partial charge >= 0.3 is 0 Å². The number of β-amino-alcohol motifs (C(OH)–C–C–N with tert-alkyl or cyclic N) is 1. The minimum absolute atomic E-state index is 0.0331. The molecule has 0 heterocycles. The molecule has 0 radical (unpaired) electrons. The second-order valence-electron chi connectivity index (χ2n) is 6.17. The summed E-state index contributed by atoms with van der Waals surface area (Å²) in [6, 6.07) is 6.18. The molecule has 0 spiro atoms. The van der Waals surface area contributed by atoms with E-state index in [2.05, 4.69) is 17.4 Å². The molecule has 1 aromatic carbocycles. The van der Waals surface area contributed by atoms with Crippen molar-refractivity contribution in [1.82, 2.24) is 5.32 Å². The smallest absolute Gasteiger partial charge is 0.119 e. The van der Waals surface area contributed by atoms with Gasteiger partial charge in [0.1, 0.15) is 18.5 Å². The van der Waals surface area contributed by atoms with Gasteiger partial charge in [-0.1, -0.05) is 6.07 Å². The minimum Gasteiger partial charge on any atom is -0.491 e. The fraction of sp³-hybridized carbons (Fsp3) is 0.625. The van der Waals surface area contributed by atoms with Crippen molar-refractivity contribution < 1.29 is 14.9 Å². The van der Waals surface area contributed by atoms with Crippen LogP contribution in [0.4, 0.5) is 0 Å². The van der Waals surface area contributed by atoms with Crippen molar-refractivity contribution in [3.8, 4) is 5.75 Å². The Morgan fingerprint density at radius 1 is 1.30 bits per heavy atom. The Kier molecular flexibility index (Phi) is 5.02. The Morgan fingerprint density at radius 3 is 2.80 bits per heavy atom. The summed E-state index contributed by atoms with van der Waals surface area (Å²) in [4.78, 5) is 0. The van der Waals surface area contributed by atoms with Crippen LogP contribution >= 0.6 is 0 Å². The minimum atomic E-state index is -0.589. The molecule has 4 nitrogen and oxygen atoms in total.